The standard InChI is InChI=1S/C19H27NO2/c1-15-14-22-18(12-16-8-4-2-5-9-16)13-20(15)19(21)17-10-6-3-7-11-17/h2,4-5,8-9,15,17-18H,3,6-7,10-14H2,1H3. The second kappa shape index (κ2) is 7.28. The SMILES string of the molecule is CC1COC(Cc2ccccc2)CN1C(=O)C1CCCCC1. The Labute approximate surface area is 133 Å². The number of benzene rings is 1. The van der Waals surface area contributed by atoms with E-state index >= 15 is 0 Å². The molecular weight excluding hydrogens is 274 g/mol. The van der Waals surface area contributed by atoms with Crippen LogP contribution in [0.1, 0.15) is 44.6 Å². The summed E-state index contributed by atoms with van der Waals surface area (Å²) in [5.74, 6) is 0.625. The van der Waals surface area contributed by atoms with Crippen molar-refractivity contribution >= 4 is 5.91 Å². The molecule has 0 aromatic heterocycles. The molecular formula is C19H27NO2. The lowest BCUT2D eigenvalue weighted by atomic mass is 9.87. The number of hydrogen-bond acceptors (Lipinski definition) is 2. The van der Waals surface area contributed by atoms with E-state index in [4.69, 9.17) is 4.74 Å². The monoisotopic (exact) mass is 301 g/mol. The Morgan fingerprint density at radius 2 is 1.91 bits per heavy atom. The third-order valence-electron chi connectivity index (χ3n) is 5.05. The minimum Gasteiger partial charge on any atom is -0.374 e. The summed E-state index contributed by atoms with van der Waals surface area (Å²) < 4.78 is 5.97. The largest absolute Gasteiger partial charge is 0.374 e. The van der Waals surface area contributed by atoms with Gasteiger partial charge in [0.2, 0.25) is 5.91 Å². The van der Waals surface area contributed by atoms with Crippen LogP contribution in [-0.4, -0.2) is 36.1 Å². The molecule has 0 spiro atoms. The minimum atomic E-state index is 0.131. The quantitative estimate of drug-likeness (QED) is 0.856. The van der Waals surface area contributed by atoms with E-state index in [9.17, 15) is 4.79 Å². The topological polar surface area (TPSA) is 29.5 Å². The first-order valence-electron chi connectivity index (χ1n) is 8.70. The maximum Gasteiger partial charge on any atom is 0.226 e. The molecule has 2 fully saturated rings. The van der Waals surface area contributed by atoms with E-state index < -0.39 is 0 Å². The molecule has 1 amide bonds. The van der Waals surface area contributed by atoms with Gasteiger partial charge in [0.05, 0.1) is 18.8 Å². The van der Waals surface area contributed by atoms with Gasteiger partial charge in [-0.3, -0.25) is 4.79 Å². The normalized spacial score (nSPS) is 26.9. The highest BCUT2D eigenvalue weighted by Gasteiger charge is 2.33. The molecule has 2 aliphatic rings. The molecule has 0 radical (unpaired) electrons. The summed E-state index contributed by atoms with van der Waals surface area (Å²) in [7, 11) is 0. The van der Waals surface area contributed by atoms with Gasteiger partial charge in [-0.05, 0) is 25.3 Å². The molecule has 1 saturated heterocycles. The fourth-order valence-corrected chi connectivity index (χ4v) is 3.71. The van der Waals surface area contributed by atoms with Crippen LogP contribution in [0, 0.1) is 5.92 Å². The molecule has 3 nitrogen and oxygen atoms in total. The molecule has 1 aliphatic heterocycles. The number of morpholine rings is 1. The fraction of sp³-hybridized carbons (Fsp3) is 0.632. The number of ether oxygens (including phenoxy) is 1. The Morgan fingerprint density at radius 1 is 1.18 bits per heavy atom. The maximum absolute atomic E-state index is 12.8. The average Bonchev–Trinajstić information content (AvgIpc) is 2.58. The van der Waals surface area contributed by atoms with Crippen molar-refractivity contribution in [3.05, 3.63) is 35.9 Å². The number of rotatable bonds is 3. The van der Waals surface area contributed by atoms with E-state index in [1.54, 1.807) is 0 Å². The lowest BCUT2D eigenvalue weighted by molar-refractivity contribution is -0.149. The Morgan fingerprint density at radius 3 is 2.64 bits per heavy atom. The van der Waals surface area contributed by atoms with Gasteiger partial charge in [0.1, 0.15) is 0 Å². The summed E-state index contributed by atoms with van der Waals surface area (Å²) in [5.41, 5.74) is 1.28. The number of nitrogens with zero attached hydrogens (tertiary/aromatic N) is 1. The summed E-state index contributed by atoms with van der Waals surface area (Å²) >= 11 is 0. The Bertz CT molecular complexity index is 481. The number of carbonyl (C=O) groups excluding carboxylic acids is 1. The number of carbonyl (C=O) groups is 1. The first kappa shape index (κ1) is 15.5. The van der Waals surface area contributed by atoms with E-state index in [0.717, 1.165) is 25.8 Å². The van der Waals surface area contributed by atoms with E-state index in [-0.39, 0.29) is 18.1 Å². The highest BCUT2D eigenvalue weighted by molar-refractivity contribution is 5.79. The zero-order chi connectivity index (χ0) is 15.4. The van der Waals surface area contributed by atoms with Crippen LogP contribution in [0.4, 0.5) is 0 Å². The van der Waals surface area contributed by atoms with Crippen LogP contribution in [-0.2, 0) is 16.0 Å². The summed E-state index contributed by atoms with van der Waals surface area (Å²) in [5, 5.41) is 0. The van der Waals surface area contributed by atoms with Crippen LogP contribution in [0.15, 0.2) is 30.3 Å². The van der Waals surface area contributed by atoms with Crippen molar-refractivity contribution in [1.82, 2.24) is 4.90 Å². The summed E-state index contributed by atoms with van der Waals surface area (Å²) in [6.45, 7) is 3.51. The number of amides is 1. The van der Waals surface area contributed by atoms with E-state index in [1.165, 1.54) is 24.8 Å². The lowest BCUT2D eigenvalue weighted by Gasteiger charge is -2.40. The van der Waals surface area contributed by atoms with Gasteiger partial charge in [-0.2, -0.15) is 0 Å². The van der Waals surface area contributed by atoms with Crippen molar-refractivity contribution in [1.29, 1.82) is 0 Å². The fourth-order valence-electron chi connectivity index (χ4n) is 3.71. The van der Waals surface area contributed by atoms with Crippen molar-refractivity contribution < 1.29 is 9.53 Å². The molecule has 1 aliphatic carbocycles. The highest BCUT2D eigenvalue weighted by atomic mass is 16.5. The molecule has 1 heterocycles. The van der Waals surface area contributed by atoms with Crippen LogP contribution in [0.5, 0.6) is 0 Å². The second-order valence-electron chi connectivity index (χ2n) is 6.82. The first-order chi connectivity index (χ1) is 10.7. The van der Waals surface area contributed by atoms with Gasteiger partial charge in [-0.25, -0.2) is 0 Å². The van der Waals surface area contributed by atoms with Crippen LogP contribution < -0.4 is 0 Å². The highest BCUT2D eigenvalue weighted by Crippen LogP contribution is 2.27. The van der Waals surface area contributed by atoms with Gasteiger partial charge < -0.3 is 9.64 Å². The zero-order valence-corrected chi connectivity index (χ0v) is 13.5. The predicted octanol–water partition coefficient (Wildman–Crippen LogP) is 3.43. The Kier molecular flexibility index (Phi) is 5.14. The number of hydrogen-bond donors (Lipinski definition) is 0. The van der Waals surface area contributed by atoms with Gasteiger partial charge in [0, 0.05) is 18.9 Å². The van der Waals surface area contributed by atoms with Crippen molar-refractivity contribution in [2.45, 2.75) is 57.6 Å². The van der Waals surface area contributed by atoms with Gasteiger partial charge in [-0.1, -0.05) is 49.6 Å². The molecule has 120 valence electrons. The molecule has 3 rings (SSSR count). The molecule has 0 bridgehead atoms. The third kappa shape index (κ3) is 3.70. The van der Waals surface area contributed by atoms with E-state index in [2.05, 4.69) is 36.1 Å². The Balaban J connectivity index is 1.61. The molecule has 2 atom stereocenters. The van der Waals surface area contributed by atoms with Crippen molar-refractivity contribution in [2.24, 2.45) is 5.92 Å². The van der Waals surface area contributed by atoms with E-state index in [0.29, 0.717) is 12.5 Å². The van der Waals surface area contributed by atoms with Crippen LogP contribution in [0.25, 0.3) is 0 Å². The summed E-state index contributed by atoms with van der Waals surface area (Å²) in [6.07, 6.45) is 6.89. The third-order valence-corrected chi connectivity index (χ3v) is 5.05. The van der Waals surface area contributed by atoms with Crippen LogP contribution in [0.3, 0.4) is 0 Å². The maximum atomic E-state index is 12.8. The molecule has 1 saturated carbocycles. The minimum absolute atomic E-state index is 0.131. The van der Waals surface area contributed by atoms with Crippen molar-refractivity contribution in [2.75, 3.05) is 13.2 Å². The lowest BCUT2D eigenvalue weighted by Crippen LogP contribution is -2.53. The van der Waals surface area contributed by atoms with Gasteiger partial charge in [-0.15, -0.1) is 0 Å². The predicted molar refractivity (Wildman–Crippen MR) is 87.6 cm³/mol. The van der Waals surface area contributed by atoms with Crippen LogP contribution >= 0.6 is 0 Å². The summed E-state index contributed by atoms with van der Waals surface area (Å²) in [6, 6.07) is 10.6. The first-order valence-corrected chi connectivity index (χ1v) is 8.70. The zero-order valence-electron chi connectivity index (χ0n) is 13.5. The molecule has 3 heteroatoms. The van der Waals surface area contributed by atoms with Crippen molar-refractivity contribution in [3.8, 4) is 0 Å². The summed E-state index contributed by atoms with van der Waals surface area (Å²) in [4.78, 5) is 14.9. The molecule has 22 heavy (non-hydrogen) atoms. The van der Waals surface area contributed by atoms with Gasteiger partial charge >= 0.3 is 0 Å². The molecule has 1 aromatic rings. The Hall–Kier alpha value is -1.35. The van der Waals surface area contributed by atoms with Crippen molar-refractivity contribution in [3.63, 3.8) is 0 Å². The van der Waals surface area contributed by atoms with Gasteiger partial charge in [0.15, 0.2) is 0 Å². The smallest absolute Gasteiger partial charge is 0.226 e. The average molecular weight is 301 g/mol. The molecule has 2 unspecified atom stereocenters. The van der Waals surface area contributed by atoms with Crippen LogP contribution in [0.2, 0.25) is 0 Å². The molecule has 0 N–H and O–H groups in total. The molecule has 1 aromatic carbocycles. The van der Waals surface area contributed by atoms with E-state index in [1.807, 2.05) is 6.07 Å². The van der Waals surface area contributed by atoms with Gasteiger partial charge in [0.25, 0.3) is 0 Å². The second-order valence-corrected chi connectivity index (χ2v) is 6.82.